The summed E-state index contributed by atoms with van der Waals surface area (Å²) in [5.41, 5.74) is 1.48. The molecule has 0 atom stereocenters. The van der Waals surface area contributed by atoms with Crippen molar-refractivity contribution < 1.29 is 18.7 Å². The lowest BCUT2D eigenvalue weighted by molar-refractivity contribution is -0.141. The Bertz CT molecular complexity index is 1120. The first-order chi connectivity index (χ1) is 13.8. The molecule has 1 heterocycles. The molecule has 150 valence electrons. The van der Waals surface area contributed by atoms with Gasteiger partial charge >= 0.3 is 5.97 Å². The molecule has 2 aromatic carbocycles. The zero-order valence-electron chi connectivity index (χ0n) is 16.9. The number of para-hydroxylation sites is 1. The van der Waals surface area contributed by atoms with Crippen LogP contribution in [0.5, 0.6) is 0 Å². The first kappa shape index (κ1) is 20.3. The van der Waals surface area contributed by atoms with Gasteiger partial charge in [-0.3, -0.25) is 14.4 Å². The normalized spacial score (nSPS) is 10.9. The topological polar surface area (TPSA) is 76.8 Å². The van der Waals surface area contributed by atoms with Crippen LogP contribution in [-0.2, 0) is 9.53 Å². The lowest BCUT2D eigenvalue weighted by Crippen LogP contribution is -2.41. The van der Waals surface area contributed by atoms with Crippen molar-refractivity contribution in [3.63, 3.8) is 0 Å². The Morgan fingerprint density at radius 3 is 2.38 bits per heavy atom. The van der Waals surface area contributed by atoms with E-state index in [-0.39, 0.29) is 29.2 Å². The molecule has 1 amide bonds. The van der Waals surface area contributed by atoms with Crippen LogP contribution in [0.15, 0.2) is 57.7 Å². The maximum atomic E-state index is 13.3. The summed E-state index contributed by atoms with van der Waals surface area (Å²) in [5, 5.41) is 0.329. The number of hydrogen-bond donors (Lipinski definition) is 0. The molecule has 3 rings (SSSR count). The molecule has 6 nitrogen and oxygen atoms in total. The van der Waals surface area contributed by atoms with Gasteiger partial charge in [-0.2, -0.15) is 0 Å². The summed E-state index contributed by atoms with van der Waals surface area (Å²) < 4.78 is 10.8. The highest BCUT2D eigenvalue weighted by Crippen LogP contribution is 2.28. The SMILES string of the molecule is COC(=O)CN(C(=O)c1cccc2c(=O)c(C)c(-c3ccccc3)oc12)C(C)C. The number of benzene rings is 2. The van der Waals surface area contributed by atoms with Gasteiger partial charge in [-0.05, 0) is 32.9 Å². The minimum Gasteiger partial charge on any atom is -0.468 e. The van der Waals surface area contributed by atoms with Crippen LogP contribution in [-0.4, -0.2) is 36.5 Å². The fraction of sp³-hybridized carbons (Fsp3) is 0.261. The van der Waals surface area contributed by atoms with Crippen molar-refractivity contribution in [1.29, 1.82) is 0 Å². The Hall–Kier alpha value is -3.41. The Balaban J connectivity index is 2.21. The standard InChI is InChI=1S/C23H23NO5/c1-14(2)24(13-19(25)28-4)23(27)18-12-8-11-17-20(26)15(3)21(29-22(17)18)16-9-6-5-7-10-16/h5-12,14H,13H2,1-4H3. The largest absolute Gasteiger partial charge is 0.468 e. The van der Waals surface area contributed by atoms with Gasteiger partial charge in [-0.25, -0.2) is 0 Å². The molecule has 0 aliphatic heterocycles. The number of carbonyl (C=O) groups is 2. The molecule has 29 heavy (non-hydrogen) atoms. The molecular formula is C23H23NO5. The summed E-state index contributed by atoms with van der Waals surface area (Å²) in [6, 6.07) is 13.9. The maximum absolute atomic E-state index is 13.3. The molecule has 0 unspecified atom stereocenters. The molecule has 0 saturated carbocycles. The van der Waals surface area contributed by atoms with E-state index < -0.39 is 11.9 Å². The van der Waals surface area contributed by atoms with Gasteiger partial charge in [0, 0.05) is 17.2 Å². The van der Waals surface area contributed by atoms with E-state index >= 15 is 0 Å². The van der Waals surface area contributed by atoms with E-state index in [1.54, 1.807) is 25.1 Å². The van der Waals surface area contributed by atoms with Crippen molar-refractivity contribution in [2.45, 2.75) is 26.8 Å². The summed E-state index contributed by atoms with van der Waals surface area (Å²) in [7, 11) is 1.27. The molecule has 0 aliphatic carbocycles. The van der Waals surface area contributed by atoms with Crippen LogP contribution in [0, 0.1) is 6.92 Å². The van der Waals surface area contributed by atoms with Gasteiger partial charge < -0.3 is 14.1 Å². The molecule has 0 spiro atoms. The minimum absolute atomic E-state index is 0.189. The number of fused-ring (bicyclic) bond motifs is 1. The third kappa shape index (κ3) is 3.92. The number of methoxy groups -OCH3 is 1. The predicted octanol–water partition coefficient (Wildman–Crippen LogP) is 3.79. The Morgan fingerprint density at radius 2 is 1.76 bits per heavy atom. The summed E-state index contributed by atoms with van der Waals surface area (Å²) in [6.45, 7) is 5.13. The predicted molar refractivity (Wildman–Crippen MR) is 111 cm³/mol. The van der Waals surface area contributed by atoms with Crippen LogP contribution >= 0.6 is 0 Å². The fourth-order valence-corrected chi connectivity index (χ4v) is 3.19. The minimum atomic E-state index is -0.519. The van der Waals surface area contributed by atoms with Gasteiger partial charge in [0.1, 0.15) is 12.3 Å². The van der Waals surface area contributed by atoms with Crippen LogP contribution in [0.3, 0.4) is 0 Å². The zero-order chi connectivity index (χ0) is 21.1. The molecule has 0 aliphatic rings. The van der Waals surface area contributed by atoms with Gasteiger partial charge in [0.05, 0.1) is 18.1 Å². The lowest BCUT2D eigenvalue weighted by Gasteiger charge is -2.25. The van der Waals surface area contributed by atoms with E-state index in [4.69, 9.17) is 9.15 Å². The van der Waals surface area contributed by atoms with E-state index in [1.165, 1.54) is 12.0 Å². The first-order valence-electron chi connectivity index (χ1n) is 9.34. The number of ether oxygens (including phenoxy) is 1. The van der Waals surface area contributed by atoms with E-state index in [2.05, 4.69) is 0 Å². The van der Waals surface area contributed by atoms with E-state index in [9.17, 15) is 14.4 Å². The van der Waals surface area contributed by atoms with E-state index in [0.717, 1.165) is 5.56 Å². The van der Waals surface area contributed by atoms with Crippen molar-refractivity contribution in [2.24, 2.45) is 0 Å². The Morgan fingerprint density at radius 1 is 1.07 bits per heavy atom. The lowest BCUT2D eigenvalue weighted by atomic mass is 10.0. The van der Waals surface area contributed by atoms with Gasteiger partial charge in [-0.1, -0.05) is 36.4 Å². The Kier molecular flexibility index (Phi) is 5.82. The number of amides is 1. The number of carbonyl (C=O) groups excluding carboxylic acids is 2. The van der Waals surface area contributed by atoms with Gasteiger partial charge in [-0.15, -0.1) is 0 Å². The van der Waals surface area contributed by atoms with Crippen LogP contribution in [0.25, 0.3) is 22.3 Å². The molecule has 0 radical (unpaired) electrons. The summed E-state index contributed by atoms with van der Waals surface area (Å²) in [5.74, 6) is -0.496. The summed E-state index contributed by atoms with van der Waals surface area (Å²) >= 11 is 0. The highest BCUT2D eigenvalue weighted by molar-refractivity contribution is 6.06. The molecule has 0 bridgehead atoms. The fourth-order valence-electron chi connectivity index (χ4n) is 3.19. The average molecular weight is 393 g/mol. The highest BCUT2D eigenvalue weighted by atomic mass is 16.5. The zero-order valence-corrected chi connectivity index (χ0v) is 16.9. The van der Waals surface area contributed by atoms with Crippen molar-refractivity contribution in [3.05, 3.63) is 69.9 Å². The third-order valence-electron chi connectivity index (χ3n) is 4.82. The second-order valence-corrected chi connectivity index (χ2v) is 7.04. The quantitative estimate of drug-likeness (QED) is 0.617. The third-order valence-corrected chi connectivity index (χ3v) is 4.82. The Labute approximate surface area is 168 Å². The van der Waals surface area contributed by atoms with Crippen molar-refractivity contribution >= 4 is 22.8 Å². The number of esters is 1. The molecule has 0 saturated heterocycles. The van der Waals surface area contributed by atoms with Crippen LogP contribution < -0.4 is 5.43 Å². The molecule has 3 aromatic rings. The van der Waals surface area contributed by atoms with E-state index in [0.29, 0.717) is 16.7 Å². The van der Waals surface area contributed by atoms with E-state index in [1.807, 2.05) is 44.2 Å². The molecule has 0 fully saturated rings. The molecule has 1 aromatic heterocycles. The van der Waals surface area contributed by atoms with Crippen molar-refractivity contribution in [1.82, 2.24) is 4.90 Å². The number of hydrogen-bond acceptors (Lipinski definition) is 5. The van der Waals surface area contributed by atoms with Gasteiger partial charge in [0.15, 0.2) is 11.0 Å². The number of nitrogens with zero attached hydrogens (tertiary/aromatic N) is 1. The second kappa shape index (κ2) is 8.31. The maximum Gasteiger partial charge on any atom is 0.325 e. The smallest absolute Gasteiger partial charge is 0.325 e. The average Bonchev–Trinajstić information content (AvgIpc) is 2.73. The summed E-state index contributed by atoms with van der Waals surface area (Å²) in [6.07, 6.45) is 0. The summed E-state index contributed by atoms with van der Waals surface area (Å²) in [4.78, 5) is 39.4. The monoisotopic (exact) mass is 393 g/mol. The van der Waals surface area contributed by atoms with Crippen molar-refractivity contribution in [2.75, 3.05) is 13.7 Å². The molecule has 6 heteroatoms. The molecular weight excluding hydrogens is 370 g/mol. The van der Waals surface area contributed by atoms with Gasteiger partial charge in [0.2, 0.25) is 0 Å². The van der Waals surface area contributed by atoms with Crippen LogP contribution in [0.1, 0.15) is 29.8 Å². The highest BCUT2D eigenvalue weighted by Gasteiger charge is 2.25. The van der Waals surface area contributed by atoms with Crippen molar-refractivity contribution in [3.8, 4) is 11.3 Å². The van der Waals surface area contributed by atoms with Crippen LogP contribution in [0.2, 0.25) is 0 Å². The first-order valence-corrected chi connectivity index (χ1v) is 9.34. The van der Waals surface area contributed by atoms with Crippen LogP contribution in [0.4, 0.5) is 0 Å². The van der Waals surface area contributed by atoms with Gasteiger partial charge in [0.25, 0.3) is 5.91 Å². The molecule has 0 N–H and O–H groups in total. The number of rotatable bonds is 5. The second-order valence-electron chi connectivity index (χ2n) is 7.04.